The van der Waals surface area contributed by atoms with E-state index in [0.29, 0.717) is 11.0 Å². The molecule has 156 valence electrons. The third-order valence-electron chi connectivity index (χ3n) is 5.14. The van der Waals surface area contributed by atoms with Crippen molar-refractivity contribution >= 4 is 11.0 Å². The fourth-order valence-electron chi connectivity index (χ4n) is 3.55. The predicted molar refractivity (Wildman–Crippen MR) is 99.4 cm³/mol. The van der Waals surface area contributed by atoms with Crippen LogP contribution in [0.5, 0.6) is 5.75 Å². The first-order valence-electron chi connectivity index (χ1n) is 8.87. The first-order valence-corrected chi connectivity index (χ1v) is 8.87. The molecule has 0 amide bonds. The highest BCUT2D eigenvalue weighted by Crippen LogP contribution is 2.43. The molecule has 0 aliphatic heterocycles. The first kappa shape index (κ1) is 21.0. The molecule has 0 fully saturated rings. The van der Waals surface area contributed by atoms with Crippen LogP contribution in [0.4, 0.5) is 17.6 Å². The number of fused-ring (bicyclic) bond motifs is 1. The Labute approximate surface area is 164 Å². The molecule has 2 N–H and O–H groups in total. The van der Waals surface area contributed by atoms with Crippen LogP contribution in [-0.4, -0.2) is 45.6 Å². The van der Waals surface area contributed by atoms with Crippen LogP contribution in [0.25, 0.3) is 11.0 Å². The second-order valence-electron chi connectivity index (χ2n) is 7.52. The van der Waals surface area contributed by atoms with Gasteiger partial charge in [-0.2, -0.15) is 5.10 Å². The number of rotatable bonds is 7. The number of hydrogen-bond acceptors (Lipinski definition) is 4. The average molecular weight is 411 g/mol. The number of nitrogens with one attached hydrogen (secondary N) is 1. The van der Waals surface area contributed by atoms with E-state index < -0.39 is 35.9 Å². The van der Waals surface area contributed by atoms with Crippen molar-refractivity contribution in [2.45, 2.75) is 43.9 Å². The van der Waals surface area contributed by atoms with Gasteiger partial charge in [-0.15, -0.1) is 5.10 Å². The minimum Gasteiger partial charge on any atom is -0.496 e. The predicted octanol–water partition coefficient (Wildman–Crippen LogP) is 3.96. The van der Waals surface area contributed by atoms with Crippen LogP contribution in [0.15, 0.2) is 36.5 Å². The Kier molecular flexibility index (Phi) is 5.53. The van der Waals surface area contributed by atoms with Crippen LogP contribution in [-0.2, 0) is 11.8 Å². The van der Waals surface area contributed by atoms with Gasteiger partial charge in [-0.1, -0.05) is 13.8 Å². The van der Waals surface area contributed by atoms with E-state index in [1.165, 1.54) is 39.3 Å². The Morgan fingerprint density at radius 2 is 1.90 bits per heavy atom. The smallest absolute Gasteiger partial charge is 0.270 e. The number of methoxy groups -OCH3 is 1. The van der Waals surface area contributed by atoms with Gasteiger partial charge in [0.25, 0.3) is 6.43 Å². The minimum atomic E-state index is -3.41. The highest BCUT2D eigenvalue weighted by atomic mass is 19.3. The maximum Gasteiger partial charge on any atom is 0.270 e. The number of halogens is 4. The van der Waals surface area contributed by atoms with E-state index in [0.717, 1.165) is 12.1 Å². The summed E-state index contributed by atoms with van der Waals surface area (Å²) in [6.45, 7) is 2.64. The van der Waals surface area contributed by atoms with Crippen molar-refractivity contribution in [3.63, 3.8) is 0 Å². The zero-order chi connectivity index (χ0) is 21.4. The highest BCUT2D eigenvalue weighted by Gasteiger charge is 2.54. The summed E-state index contributed by atoms with van der Waals surface area (Å²) in [6.07, 6.45) is -5.15. The standard InChI is InChI=1S/C20H21F4N3O2/c1-19(2,13-8-11(21)4-5-16(13)29-3)17(22)20(28,18(23)24)10-12-9-15-14(26-12)6-7-25-27-15/h4-9,17-18,26,28H,10H2,1-3H3. The summed E-state index contributed by atoms with van der Waals surface area (Å²) in [5, 5.41) is 18.3. The Morgan fingerprint density at radius 1 is 1.17 bits per heavy atom. The van der Waals surface area contributed by atoms with E-state index in [4.69, 9.17) is 4.74 Å². The molecule has 0 aliphatic carbocycles. The van der Waals surface area contributed by atoms with Gasteiger partial charge in [0, 0.05) is 23.1 Å². The number of ether oxygens (including phenoxy) is 1. The molecule has 0 aliphatic rings. The molecule has 3 aromatic rings. The summed E-state index contributed by atoms with van der Waals surface area (Å²) in [7, 11) is 1.31. The maximum absolute atomic E-state index is 15.6. The third-order valence-corrected chi connectivity index (χ3v) is 5.14. The van der Waals surface area contributed by atoms with E-state index in [1.54, 1.807) is 6.07 Å². The summed E-state index contributed by atoms with van der Waals surface area (Å²) >= 11 is 0. The lowest BCUT2D eigenvalue weighted by atomic mass is 9.71. The molecule has 0 saturated heterocycles. The highest BCUT2D eigenvalue weighted by molar-refractivity contribution is 5.74. The van der Waals surface area contributed by atoms with Crippen molar-refractivity contribution in [2.24, 2.45) is 0 Å². The van der Waals surface area contributed by atoms with Gasteiger partial charge in [0.2, 0.25) is 0 Å². The molecule has 2 heterocycles. The largest absolute Gasteiger partial charge is 0.496 e. The number of aromatic nitrogens is 3. The molecule has 0 bridgehead atoms. The third kappa shape index (κ3) is 3.78. The first-order chi connectivity index (χ1) is 13.6. The van der Waals surface area contributed by atoms with Crippen LogP contribution in [0, 0.1) is 5.82 Å². The molecular weight excluding hydrogens is 390 g/mol. The van der Waals surface area contributed by atoms with Crippen LogP contribution >= 0.6 is 0 Å². The number of alkyl halides is 3. The Hall–Kier alpha value is -2.68. The molecule has 29 heavy (non-hydrogen) atoms. The molecule has 2 atom stereocenters. The average Bonchev–Trinajstić information content (AvgIpc) is 3.09. The van der Waals surface area contributed by atoms with Crippen LogP contribution in [0.2, 0.25) is 0 Å². The summed E-state index contributed by atoms with van der Waals surface area (Å²) in [5.41, 5.74) is -3.60. The van der Waals surface area contributed by atoms with Gasteiger partial charge >= 0.3 is 0 Å². The molecule has 9 heteroatoms. The lowest BCUT2D eigenvalue weighted by molar-refractivity contribution is -0.154. The normalized spacial score (nSPS) is 15.5. The second-order valence-corrected chi connectivity index (χ2v) is 7.52. The lowest BCUT2D eigenvalue weighted by Crippen LogP contribution is -2.56. The number of aromatic amines is 1. The number of nitrogens with zero attached hydrogens (tertiary/aromatic N) is 2. The topological polar surface area (TPSA) is 71.0 Å². The van der Waals surface area contributed by atoms with Gasteiger partial charge in [0.15, 0.2) is 5.60 Å². The molecule has 2 unspecified atom stereocenters. The summed E-state index contributed by atoms with van der Waals surface area (Å²) in [4.78, 5) is 2.84. The molecule has 5 nitrogen and oxygen atoms in total. The van der Waals surface area contributed by atoms with E-state index >= 15 is 4.39 Å². The number of benzene rings is 1. The van der Waals surface area contributed by atoms with E-state index in [2.05, 4.69) is 15.2 Å². The fourth-order valence-corrected chi connectivity index (χ4v) is 3.55. The van der Waals surface area contributed by atoms with E-state index in [-0.39, 0.29) is 17.0 Å². The molecule has 0 saturated carbocycles. The molecule has 0 spiro atoms. The van der Waals surface area contributed by atoms with Crippen LogP contribution in [0.1, 0.15) is 25.1 Å². The number of H-pyrrole nitrogens is 1. The summed E-state index contributed by atoms with van der Waals surface area (Å²) in [5.74, 6) is -0.535. The SMILES string of the molecule is COc1ccc(F)cc1C(C)(C)C(F)C(O)(Cc1cc2nnccc2[nH]1)C(F)F. The second kappa shape index (κ2) is 7.62. The van der Waals surface area contributed by atoms with Gasteiger partial charge in [-0.3, -0.25) is 0 Å². The number of aliphatic hydroxyl groups is 1. The Morgan fingerprint density at radius 3 is 2.52 bits per heavy atom. The van der Waals surface area contributed by atoms with Crippen molar-refractivity contribution < 1.29 is 27.4 Å². The quantitative estimate of drug-likeness (QED) is 0.578. The van der Waals surface area contributed by atoms with Gasteiger partial charge in [-0.05, 0) is 30.3 Å². The van der Waals surface area contributed by atoms with Crippen molar-refractivity contribution in [3.05, 3.63) is 53.6 Å². The molecule has 3 rings (SSSR count). The fraction of sp³-hybridized carbons (Fsp3) is 0.400. The zero-order valence-corrected chi connectivity index (χ0v) is 16.1. The van der Waals surface area contributed by atoms with Crippen LogP contribution < -0.4 is 4.74 Å². The van der Waals surface area contributed by atoms with E-state index in [9.17, 15) is 18.3 Å². The summed E-state index contributed by atoms with van der Waals surface area (Å²) in [6, 6.07) is 6.45. The van der Waals surface area contributed by atoms with Crippen molar-refractivity contribution in [1.29, 1.82) is 0 Å². The van der Waals surface area contributed by atoms with Crippen molar-refractivity contribution in [1.82, 2.24) is 15.2 Å². The lowest BCUT2D eigenvalue weighted by Gasteiger charge is -2.40. The Balaban J connectivity index is 2.01. The van der Waals surface area contributed by atoms with Gasteiger partial charge in [0.1, 0.15) is 23.3 Å². The minimum absolute atomic E-state index is 0.0362. The van der Waals surface area contributed by atoms with Crippen molar-refractivity contribution in [3.8, 4) is 5.75 Å². The Bertz CT molecular complexity index is 975. The van der Waals surface area contributed by atoms with Gasteiger partial charge < -0.3 is 14.8 Å². The zero-order valence-electron chi connectivity index (χ0n) is 16.1. The monoisotopic (exact) mass is 411 g/mol. The molecule has 1 aromatic carbocycles. The van der Waals surface area contributed by atoms with E-state index in [1.807, 2.05) is 0 Å². The van der Waals surface area contributed by atoms with Gasteiger partial charge in [0.05, 0.1) is 18.8 Å². The maximum atomic E-state index is 15.6. The molecule has 0 radical (unpaired) electrons. The molecular formula is C20H21F4N3O2. The summed E-state index contributed by atoms with van der Waals surface area (Å²) < 4.78 is 62.4. The van der Waals surface area contributed by atoms with Crippen molar-refractivity contribution in [2.75, 3.05) is 7.11 Å². The van der Waals surface area contributed by atoms with Gasteiger partial charge in [-0.25, -0.2) is 17.6 Å². The number of hydrogen-bond donors (Lipinski definition) is 2. The van der Waals surface area contributed by atoms with Crippen LogP contribution in [0.3, 0.4) is 0 Å². The molecule has 2 aromatic heterocycles.